The van der Waals surface area contributed by atoms with Crippen LogP contribution in [0.15, 0.2) is 29.2 Å². The van der Waals surface area contributed by atoms with Crippen molar-refractivity contribution in [2.75, 3.05) is 13.7 Å². The van der Waals surface area contributed by atoms with E-state index in [1.54, 1.807) is 18.3 Å². The van der Waals surface area contributed by atoms with Gasteiger partial charge in [-0.3, -0.25) is 14.3 Å². The molecular formula is C26H25F5N4O3. The zero-order valence-electron chi connectivity index (χ0n) is 20.7. The van der Waals surface area contributed by atoms with Crippen molar-refractivity contribution in [3.05, 3.63) is 57.5 Å². The summed E-state index contributed by atoms with van der Waals surface area (Å²) < 4.78 is 80.2. The maximum Gasteiger partial charge on any atom is 0.394 e. The third-order valence-corrected chi connectivity index (χ3v) is 8.49. The minimum atomic E-state index is -4.35. The van der Waals surface area contributed by atoms with E-state index in [0.717, 1.165) is 10.1 Å². The Bertz CT molecular complexity index is 1470. The lowest BCUT2D eigenvalue weighted by Gasteiger charge is -2.70. The van der Waals surface area contributed by atoms with Crippen molar-refractivity contribution in [1.82, 2.24) is 19.5 Å². The fraction of sp³-hybridized carbons (Fsp3) is 0.538. The van der Waals surface area contributed by atoms with Crippen molar-refractivity contribution < 1.29 is 31.4 Å². The quantitative estimate of drug-likeness (QED) is 0.413. The number of ether oxygens (including phenoxy) is 2. The van der Waals surface area contributed by atoms with Gasteiger partial charge in [-0.15, -0.1) is 0 Å². The number of methoxy groups -OCH3 is 1. The first-order chi connectivity index (χ1) is 18.0. The third-order valence-electron chi connectivity index (χ3n) is 8.49. The van der Waals surface area contributed by atoms with Gasteiger partial charge in [-0.05, 0) is 49.8 Å². The van der Waals surface area contributed by atoms with E-state index in [9.17, 15) is 26.7 Å². The zero-order chi connectivity index (χ0) is 27.0. The summed E-state index contributed by atoms with van der Waals surface area (Å²) in [4.78, 5) is 26.2. The van der Waals surface area contributed by atoms with E-state index in [2.05, 4.69) is 9.97 Å². The molecule has 3 aromatic rings. The topological polar surface area (TPSA) is 79.1 Å². The van der Waals surface area contributed by atoms with E-state index in [1.807, 2.05) is 6.07 Å². The highest BCUT2D eigenvalue weighted by Crippen LogP contribution is 2.78. The van der Waals surface area contributed by atoms with Crippen molar-refractivity contribution in [1.29, 1.82) is 0 Å². The summed E-state index contributed by atoms with van der Waals surface area (Å²) in [6.07, 6.45) is -5.51. The first-order valence-electron chi connectivity index (χ1n) is 12.4. The Balaban J connectivity index is 1.44. The molecule has 38 heavy (non-hydrogen) atoms. The van der Waals surface area contributed by atoms with Gasteiger partial charge in [0.15, 0.2) is 5.82 Å². The van der Waals surface area contributed by atoms with E-state index in [1.165, 1.54) is 14.2 Å². The largest absolute Gasteiger partial charge is 0.481 e. The van der Waals surface area contributed by atoms with Crippen LogP contribution in [0.25, 0.3) is 10.9 Å². The van der Waals surface area contributed by atoms with Gasteiger partial charge in [-0.25, -0.2) is 18.7 Å². The monoisotopic (exact) mass is 536 g/mol. The van der Waals surface area contributed by atoms with Gasteiger partial charge >= 0.3 is 6.18 Å². The molecule has 2 atom stereocenters. The number of aromatic nitrogens is 4. The van der Waals surface area contributed by atoms with E-state index in [4.69, 9.17) is 14.5 Å². The van der Waals surface area contributed by atoms with Gasteiger partial charge in [0.2, 0.25) is 5.88 Å². The molecule has 0 amide bonds. The number of hydrogen-bond acceptors (Lipinski definition) is 6. The average molecular weight is 537 g/mol. The Morgan fingerprint density at radius 3 is 2.58 bits per heavy atom. The first-order valence-corrected chi connectivity index (χ1v) is 12.4. The SMILES string of the molecule is COc1cc([C@@H]2C[C@H](c3cc4c(=O)n(C)c(C(F)F)nc4c(C45CC(C(F)(F)F)(C4)C5)n3)CCO2)ccn1. The molecule has 4 heterocycles. The van der Waals surface area contributed by atoms with Crippen molar-refractivity contribution in [2.24, 2.45) is 12.5 Å². The molecular weight excluding hydrogens is 511 g/mol. The maximum atomic E-state index is 13.7. The Morgan fingerprint density at radius 2 is 1.92 bits per heavy atom. The summed E-state index contributed by atoms with van der Waals surface area (Å²) >= 11 is 0. The molecule has 3 aliphatic carbocycles. The normalized spacial score (nSPS) is 28.7. The molecule has 4 fully saturated rings. The summed E-state index contributed by atoms with van der Waals surface area (Å²) in [7, 11) is 2.73. The number of alkyl halides is 5. The van der Waals surface area contributed by atoms with Gasteiger partial charge in [-0.2, -0.15) is 13.2 Å². The molecule has 4 aliphatic rings. The van der Waals surface area contributed by atoms with E-state index in [0.29, 0.717) is 31.0 Å². The molecule has 1 aliphatic heterocycles. The predicted molar refractivity (Wildman–Crippen MR) is 125 cm³/mol. The maximum absolute atomic E-state index is 13.7. The highest BCUT2D eigenvalue weighted by Gasteiger charge is 2.79. The first kappa shape index (κ1) is 25.1. The molecule has 0 radical (unpaired) electrons. The minimum absolute atomic E-state index is 0.0231. The van der Waals surface area contributed by atoms with Crippen molar-refractivity contribution >= 4 is 10.9 Å². The lowest BCUT2D eigenvalue weighted by atomic mass is 9.34. The second kappa shape index (κ2) is 8.42. The van der Waals surface area contributed by atoms with Crippen LogP contribution in [0.2, 0.25) is 0 Å². The molecule has 0 spiro atoms. The van der Waals surface area contributed by atoms with Crippen LogP contribution in [0.3, 0.4) is 0 Å². The summed E-state index contributed by atoms with van der Waals surface area (Å²) in [5, 5.41) is 0.0938. The molecule has 0 unspecified atom stereocenters. The van der Waals surface area contributed by atoms with Gasteiger partial charge in [0, 0.05) is 42.9 Å². The fourth-order valence-electron chi connectivity index (χ4n) is 6.46. The van der Waals surface area contributed by atoms with Crippen LogP contribution in [-0.2, 0) is 17.2 Å². The van der Waals surface area contributed by atoms with Gasteiger partial charge in [0.25, 0.3) is 12.0 Å². The third kappa shape index (κ3) is 3.63. The summed E-state index contributed by atoms with van der Waals surface area (Å²) in [5.41, 5.74) is -1.77. The Hall–Kier alpha value is -3.15. The van der Waals surface area contributed by atoms with Crippen LogP contribution in [-0.4, -0.2) is 39.4 Å². The molecule has 7 rings (SSSR count). The predicted octanol–water partition coefficient (Wildman–Crippen LogP) is 5.29. The average Bonchev–Trinajstić information content (AvgIpc) is 2.83. The smallest absolute Gasteiger partial charge is 0.394 e. The number of nitrogens with zero attached hydrogens (tertiary/aromatic N) is 4. The molecule has 1 saturated heterocycles. The summed E-state index contributed by atoms with van der Waals surface area (Å²) in [5.74, 6) is -0.460. The molecule has 12 heteroatoms. The van der Waals surface area contributed by atoms with Gasteiger partial charge in [0.05, 0.1) is 29.7 Å². The standard InChI is InChI=1S/C26H25F5N4O3/c1-35-22(21(27)28)34-19-15(23(35)36)9-16(33-20(19)24-10-25(11-24,12-24)26(29,30)31)13-4-6-38-17(7-13)14-3-5-32-18(8-14)37-2/h3,5,8-9,13,17,21H,4,6-7,10-12H2,1-2H3/t13-,17+,24?,25?/m1/s1. The van der Waals surface area contributed by atoms with Crippen molar-refractivity contribution in [3.63, 3.8) is 0 Å². The van der Waals surface area contributed by atoms with Gasteiger partial charge < -0.3 is 9.47 Å². The van der Waals surface area contributed by atoms with Gasteiger partial charge in [0.1, 0.15) is 5.52 Å². The highest BCUT2D eigenvalue weighted by molar-refractivity contribution is 5.82. The van der Waals surface area contributed by atoms with E-state index >= 15 is 0 Å². The minimum Gasteiger partial charge on any atom is -0.481 e. The summed E-state index contributed by atoms with van der Waals surface area (Å²) in [6, 6.07) is 5.16. The molecule has 3 saturated carbocycles. The van der Waals surface area contributed by atoms with Crippen LogP contribution in [0.5, 0.6) is 5.88 Å². The number of hydrogen-bond donors (Lipinski definition) is 0. The van der Waals surface area contributed by atoms with Crippen LogP contribution in [0.1, 0.15) is 73.3 Å². The number of pyridine rings is 2. The van der Waals surface area contributed by atoms with Crippen molar-refractivity contribution in [3.8, 4) is 5.88 Å². The van der Waals surface area contributed by atoms with E-state index < -0.39 is 34.8 Å². The lowest BCUT2D eigenvalue weighted by molar-refractivity contribution is -0.337. The van der Waals surface area contributed by atoms with Crippen molar-refractivity contribution in [2.45, 2.75) is 62.1 Å². The molecule has 202 valence electrons. The summed E-state index contributed by atoms with van der Waals surface area (Å²) in [6.45, 7) is 0.401. The fourth-order valence-corrected chi connectivity index (χ4v) is 6.46. The number of rotatable bonds is 5. The number of fused-ring (bicyclic) bond motifs is 1. The molecule has 0 N–H and O–H groups in total. The molecule has 3 aromatic heterocycles. The Labute approximate surface area is 214 Å². The second-order valence-corrected chi connectivity index (χ2v) is 10.7. The van der Waals surface area contributed by atoms with Gasteiger partial charge in [-0.1, -0.05) is 0 Å². The van der Waals surface area contributed by atoms with Crippen LogP contribution in [0.4, 0.5) is 22.0 Å². The zero-order valence-corrected chi connectivity index (χ0v) is 20.7. The molecule has 0 aromatic carbocycles. The second-order valence-electron chi connectivity index (χ2n) is 10.7. The number of halogens is 5. The van der Waals surface area contributed by atoms with E-state index in [-0.39, 0.29) is 47.9 Å². The highest BCUT2D eigenvalue weighted by atomic mass is 19.4. The van der Waals surface area contributed by atoms with Crippen LogP contribution in [0, 0.1) is 5.41 Å². The van der Waals surface area contributed by atoms with Crippen LogP contribution < -0.4 is 10.3 Å². The Kier molecular flexibility index (Phi) is 5.57. The lowest BCUT2D eigenvalue weighted by Crippen LogP contribution is -2.70. The molecule has 7 nitrogen and oxygen atoms in total. The molecule has 2 bridgehead atoms. The van der Waals surface area contributed by atoms with Crippen LogP contribution >= 0.6 is 0 Å². The Morgan fingerprint density at radius 1 is 1.18 bits per heavy atom.